The third-order valence-electron chi connectivity index (χ3n) is 3.42. The van der Waals surface area contributed by atoms with Gasteiger partial charge in [-0.1, -0.05) is 42.5 Å². The molecule has 23 heavy (non-hydrogen) atoms. The van der Waals surface area contributed by atoms with Gasteiger partial charge in [-0.15, -0.1) is 0 Å². The lowest BCUT2D eigenvalue weighted by Gasteiger charge is -2.15. The Kier molecular flexibility index (Phi) is 6.63. The second-order valence-electron chi connectivity index (χ2n) is 5.09. The quantitative estimate of drug-likeness (QED) is 0.701. The smallest absolute Gasteiger partial charge is 0.335 e. The van der Waals surface area contributed by atoms with Gasteiger partial charge in [0.1, 0.15) is 12.4 Å². The standard InChI is InChI=1S/C19H22O4/c1-3-22-18(19(20)21-2)13-15-9-11-17(12-10-15)23-14-16-7-5-4-6-8-16/h4-12,18H,3,13-14H2,1-2H3/t18-/m0/s1. The normalized spacial score (nSPS) is 11.7. The van der Waals surface area contributed by atoms with Gasteiger partial charge in [0.25, 0.3) is 0 Å². The topological polar surface area (TPSA) is 44.8 Å². The van der Waals surface area contributed by atoms with E-state index in [4.69, 9.17) is 14.2 Å². The van der Waals surface area contributed by atoms with E-state index in [2.05, 4.69) is 0 Å². The molecular formula is C19H22O4. The van der Waals surface area contributed by atoms with Crippen LogP contribution in [0.5, 0.6) is 5.75 Å². The fourth-order valence-electron chi connectivity index (χ4n) is 2.22. The van der Waals surface area contributed by atoms with E-state index in [1.54, 1.807) is 0 Å². The van der Waals surface area contributed by atoms with Crippen LogP contribution < -0.4 is 4.74 Å². The summed E-state index contributed by atoms with van der Waals surface area (Å²) in [5.74, 6) is 0.444. The van der Waals surface area contributed by atoms with Crippen molar-refractivity contribution in [2.45, 2.75) is 26.1 Å². The largest absolute Gasteiger partial charge is 0.489 e. The van der Waals surface area contributed by atoms with Gasteiger partial charge in [-0.3, -0.25) is 0 Å². The first-order valence-electron chi connectivity index (χ1n) is 7.68. The van der Waals surface area contributed by atoms with E-state index >= 15 is 0 Å². The van der Waals surface area contributed by atoms with Crippen molar-refractivity contribution in [3.05, 3.63) is 65.7 Å². The molecule has 0 aliphatic carbocycles. The summed E-state index contributed by atoms with van der Waals surface area (Å²) in [5.41, 5.74) is 2.12. The molecule has 0 aromatic heterocycles. The summed E-state index contributed by atoms with van der Waals surface area (Å²) in [7, 11) is 1.37. The molecule has 0 unspecified atom stereocenters. The number of carbonyl (C=O) groups excluding carboxylic acids is 1. The Morgan fingerprint density at radius 3 is 2.30 bits per heavy atom. The van der Waals surface area contributed by atoms with Gasteiger partial charge in [0, 0.05) is 13.0 Å². The van der Waals surface area contributed by atoms with Gasteiger partial charge in [0.05, 0.1) is 7.11 Å². The third-order valence-corrected chi connectivity index (χ3v) is 3.42. The number of carbonyl (C=O) groups is 1. The molecule has 2 rings (SSSR count). The molecule has 0 aliphatic rings. The monoisotopic (exact) mass is 314 g/mol. The number of hydrogen-bond donors (Lipinski definition) is 0. The van der Waals surface area contributed by atoms with Crippen LogP contribution in [0, 0.1) is 0 Å². The lowest BCUT2D eigenvalue weighted by Crippen LogP contribution is -2.28. The summed E-state index contributed by atoms with van der Waals surface area (Å²) < 4.78 is 15.9. The van der Waals surface area contributed by atoms with Crippen LogP contribution in [0.15, 0.2) is 54.6 Å². The highest BCUT2D eigenvalue weighted by molar-refractivity contribution is 5.74. The summed E-state index contributed by atoms with van der Waals surface area (Å²) in [6.45, 7) is 2.86. The Hall–Kier alpha value is -2.33. The molecule has 1 atom stereocenters. The van der Waals surface area contributed by atoms with Gasteiger partial charge >= 0.3 is 5.97 Å². The molecule has 0 radical (unpaired) electrons. The van der Waals surface area contributed by atoms with Crippen LogP contribution in [-0.2, 0) is 27.3 Å². The van der Waals surface area contributed by atoms with Crippen LogP contribution in [0.1, 0.15) is 18.1 Å². The highest BCUT2D eigenvalue weighted by atomic mass is 16.6. The van der Waals surface area contributed by atoms with Crippen LogP contribution >= 0.6 is 0 Å². The zero-order chi connectivity index (χ0) is 16.5. The Morgan fingerprint density at radius 1 is 1.00 bits per heavy atom. The van der Waals surface area contributed by atoms with Crippen molar-refractivity contribution < 1.29 is 19.0 Å². The van der Waals surface area contributed by atoms with E-state index in [0.717, 1.165) is 16.9 Å². The van der Waals surface area contributed by atoms with Gasteiger partial charge in [-0.2, -0.15) is 0 Å². The number of rotatable bonds is 8. The summed E-state index contributed by atoms with van der Waals surface area (Å²) in [4.78, 5) is 11.7. The Balaban J connectivity index is 1.92. The second kappa shape index (κ2) is 8.96. The molecule has 0 fully saturated rings. The van der Waals surface area contributed by atoms with Gasteiger partial charge < -0.3 is 14.2 Å². The van der Waals surface area contributed by atoms with Crippen molar-refractivity contribution >= 4 is 5.97 Å². The number of ether oxygens (including phenoxy) is 3. The highest BCUT2D eigenvalue weighted by Crippen LogP contribution is 2.16. The van der Waals surface area contributed by atoms with Gasteiger partial charge in [0.15, 0.2) is 6.10 Å². The van der Waals surface area contributed by atoms with Crippen LogP contribution in [0.3, 0.4) is 0 Å². The van der Waals surface area contributed by atoms with Crippen LogP contribution in [-0.4, -0.2) is 25.8 Å². The average molecular weight is 314 g/mol. The van der Waals surface area contributed by atoms with E-state index in [1.807, 2.05) is 61.5 Å². The average Bonchev–Trinajstić information content (AvgIpc) is 2.61. The first-order chi connectivity index (χ1) is 11.2. The molecule has 0 bridgehead atoms. The predicted octanol–water partition coefficient (Wildman–Crippen LogP) is 3.39. The van der Waals surface area contributed by atoms with E-state index < -0.39 is 6.10 Å². The zero-order valence-electron chi connectivity index (χ0n) is 13.5. The maximum absolute atomic E-state index is 11.7. The van der Waals surface area contributed by atoms with Crippen molar-refractivity contribution in [3.63, 3.8) is 0 Å². The zero-order valence-corrected chi connectivity index (χ0v) is 13.5. The molecule has 0 aliphatic heterocycles. The van der Waals surface area contributed by atoms with Crippen molar-refractivity contribution in [3.8, 4) is 5.75 Å². The number of methoxy groups -OCH3 is 1. The van der Waals surface area contributed by atoms with Crippen molar-refractivity contribution in [2.24, 2.45) is 0 Å². The SMILES string of the molecule is CCO[C@@H](Cc1ccc(OCc2ccccc2)cc1)C(=O)OC. The van der Waals surface area contributed by atoms with Crippen LogP contribution in [0.25, 0.3) is 0 Å². The molecule has 0 heterocycles. The minimum Gasteiger partial charge on any atom is -0.489 e. The summed E-state index contributed by atoms with van der Waals surface area (Å²) in [5, 5.41) is 0. The second-order valence-corrected chi connectivity index (χ2v) is 5.09. The Bertz CT molecular complexity index is 593. The molecule has 122 valence electrons. The molecule has 2 aromatic carbocycles. The fraction of sp³-hybridized carbons (Fsp3) is 0.316. The lowest BCUT2D eigenvalue weighted by atomic mass is 10.1. The first-order valence-corrected chi connectivity index (χ1v) is 7.68. The number of hydrogen-bond acceptors (Lipinski definition) is 4. The molecular weight excluding hydrogens is 292 g/mol. The van der Waals surface area contributed by atoms with Gasteiger partial charge in [0.2, 0.25) is 0 Å². The van der Waals surface area contributed by atoms with E-state index in [1.165, 1.54) is 7.11 Å². The minimum atomic E-state index is -0.568. The Morgan fingerprint density at radius 2 is 1.70 bits per heavy atom. The Labute approximate surface area is 137 Å². The molecule has 4 nitrogen and oxygen atoms in total. The fourth-order valence-corrected chi connectivity index (χ4v) is 2.22. The number of benzene rings is 2. The molecule has 0 saturated heterocycles. The van der Waals surface area contributed by atoms with E-state index in [-0.39, 0.29) is 5.97 Å². The molecule has 0 N–H and O–H groups in total. The highest BCUT2D eigenvalue weighted by Gasteiger charge is 2.19. The van der Waals surface area contributed by atoms with E-state index in [0.29, 0.717) is 19.6 Å². The lowest BCUT2D eigenvalue weighted by molar-refractivity contribution is -0.153. The summed E-state index contributed by atoms with van der Waals surface area (Å²) in [6, 6.07) is 17.7. The van der Waals surface area contributed by atoms with Gasteiger partial charge in [-0.25, -0.2) is 4.79 Å². The summed E-state index contributed by atoms with van der Waals surface area (Å²) >= 11 is 0. The molecule has 0 spiro atoms. The minimum absolute atomic E-state index is 0.351. The summed E-state index contributed by atoms with van der Waals surface area (Å²) in [6.07, 6.45) is -0.0828. The molecule has 0 saturated carbocycles. The molecule has 4 heteroatoms. The van der Waals surface area contributed by atoms with Crippen LogP contribution in [0.4, 0.5) is 0 Å². The predicted molar refractivity (Wildman–Crippen MR) is 88.4 cm³/mol. The van der Waals surface area contributed by atoms with Crippen molar-refractivity contribution in [2.75, 3.05) is 13.7 Å². The first kappa shape index (κ1) is 17.0. The molecule has 0 amide bonds. The number of esters is 1. The third kappa shape index (κ3) is 5.42. The van der Waals surface area contributed by atoms with Crippen molar-refractivity contribution in [1.29, 1.82) is 0 Å². The maximum Gasteiger partial charge on any atom is 0.335 e. The van der Waals surface area contributed by atoms with E-state index in [9.17, 15) is 4.79 Å². The molecule has 2 aromatic rings. The van der Waals surface area contributed by atoms with Crippen molar-refractivity contribution in [1.82, 2.24) is 0 Å². The van der Waals surface area contributed by atoms with Gasteiger partial charge in [-0.05, 0) is 30.2 Å². The van der Waals surface area contributed by atoms with Crippen LogP contribution in [0.2, 0.25) is 0 Å². The maximum atomic E-state index is 11.7.